The Balaban J connectivity index is 1.93. The van der Waals surface area contributed by atoms with Gasteiger partial charge in [-0.05, 0) is 48.9 Å². The summed E-state index contributed by atoms with van der Waals surface area (Å²) in [7, 11) is 1.25. The van der Waals surface area contributed by atoms with Gasteiger partial charge in [-0.25, -0.2) is 14.6 Å². The molecule has 0 aromatic heterocycles. The van der Waals surface area contributed by atoms with Crippen molar-refractivity contribution in [1.29, 1.82) is 0 Å². The number of hydrogen-bond donors (Lipinski definition) is 0. The van der Waals surface area contributed by atoms with E-state index in [0.29, 0.717) is 33.5 Å². The van der Waals surface area contributed by atoms with Crippen molar-refractivity contribution in [2.75, 3.05) is 20.3 Å². The molecule has 0 aliphatic carbocycles. The molecule has 0 radical (unpaired) electrons. The van der Waals surface area contributed by atoms with Crippen molar-refractivity contribution in [3.8, 4) is 11.5 Å². The van der Waals surface area contributed by atoms with Gasteiger partial charge in [0, 0.05) is 5.02 Å². The maximum atomic E-state index is 12.3. The number of hydrogen-bond acceptors (Lipinski definition) is 7. The van der Waals surface area contributed by atoms with E-state index in [9.17, 15) is 9.59 Å². The Labute approximate surface area is 193 Å². The average Bonchev–Trinajstić information content (AvgIpc) is 3.07. The van der Waals surface area contributed by atoms with Crippen LogP contribution in [0.4, 0.5) is 0 Å². The molecular weight excluding hydrogens is 469 g/mol. The number of carbonyl (C=O) groups is 2. The zero-order chi connectivity index (χ0) is 22.5. The minimum absolute atomic E-state index is 0.0442. The fourth-order valence-corrected chi connectivity index (χ4v) is 3.37. The van der Waals surface area contributed by atoms with Gasteiger partial charge in [0.05, 0.1) is 29.3 Å². The van der Waals surface area contributed by atoms with Gasteiger partial charge in [0.1, 0.15) is 0 Å². The minimum atomic E-state index is -0.652. The molecule has 0 fully saturated rings. The molecule has 0 saturated heterocycles. The zero-order valence-electron chi connectivity index (χ0n) is 16.4. The van der Waals surface area contributed by atoms with Gasteiger partial charge in [-0.2, -0.15) is 0 Å². The summed E-state index contributed by atoms with van der Waals surface area (Å²) in [5.74, 6) is -0.682. The van der Waals surface area contributed by atoms with E-state index in [0.717, 1.165) is 0 Å². The lowest BCUT2D eigenvalue weighted by molar-refractivity contribution is -0.143. The van der Waals surface area contributed by atoms with Crippen LogP contribution in [0.2, 0.25) is 15.1 Å². The molecule has 7 nitrogen and oxygen atoms in total. The molecular formula is C21H16Cl3NO6. The van der Waals surface area contributed by atoms with Crippen LogP contribution in [-0.4, -0.2) is 38.2 Å². The first-order valence-corrected chi connectivity index (χ1v) is 10.1. The molecule has 10 heteroatoms. The maximum absolute atomic E-state index is 12.3. The summed E-state index contributed by atoms with van der Waals surface area (Å²) in [5.41, 5.74) is 0.989. The number of benzene rings is 2. The molecule has 3 rings (SSSR count). The highest BCUT2D eigenvalue weighted by Crippen LogP contribution is 2.38. The molecule has 0 amide bonds. The van der Waals surface area contributed by atoms with E-state index in [1.54, 1.807) is 31.2 Å². The fraction of sp³-hybridized carbons (Fsp3) is 0.190. The van der Waals surface area contributed by atoms with Gasteiger partial charge in [-0.1, -0.05) is 34.8 Å². The molecule has 0 N–H and O–H groups in total. The predicted octanol–water partition coefficient (Wildman–Crippen LogP) is 4.94. The number of ether oxygens (including phenoxy) is 4. The quantitative estimate of drug-likeness (QED) is 0.409. The maximum Gasteiger partial charge on any atom is 0.363 e. The van der Waals surface area contributed by atoms with Gasteiger partial charge in [0.2, 0.25) is 5.90 Å². The Hall–Kier alpha value is -2.74. The van der Waals surface area contributed by atoms with E-state index >= 15 is 0 Å². The normalized spacial score (nSPS) is 14.3. The molecule has 0 bridgehead atoms. The first-order chi connectivity index (χ1) is 14.8. The standard InChI is InChI=1S/C21H16Cl3NO6/c1-3-29-17-8-11(6-15(24)19(17)30-10-18(26)28-2)7-16-21(27)31-20(25-16)13-5-4-12(22)9-14(13)23/h4-9H,3,10H2,1-2H3/b16-7-. The van der Waals surface area contributed by atoms with Gasteiger partial charge < -0.3 is 18.9 Å². The van der Waals surface area contributed by atoms with E-state index in [4.69, 9.17) is 49.0 Å². The lowest BCUT2D eigenvalue weighted by atomic mass is 10.1. The number of methoxy groups -OCH3 is 1. The van der Waals surface area contributed by atoms with E-state index in [2.05, 4.69) is 9.73 Å². The van der Waals surface area contributed by atoms with Crippen LogP contribution in [-0.2, 0) is 19.1 Å². The third-order valence-corrected chi connectivity index (χ3v) is 4.81. The summed E-state index contributed by atoms with van der Waals surface area (Å²) >= 11 is 18.4. The molecule has 2 aromatic carbocycles. The third-order valence-electron chi connectivity index (χ3n) is 3.98. The Morgan fingerprint density at radius 3 is 2.58 bits per heavy atom. The lowest BCUT2D eigenvalue weighted by Gasteiger charge is -2.13. The number of aliphatic imine (C=N–C) groups is 1. The van der Waals surface area contributed by atoms with Crippen LogP contribution in [0.3, 0.4) is 0 Å². The summed E-state index contributed by atoms with van der Waals surface area (Å²) in [5, 5.41) is 0.925. The second kappa shape index (κ2) is 10.0. The van der Waals surface area contributed by atoms with E-state index < -0.39 is 11.9 Å². The van der Waals surface area contributed by atoms with Crippen LogP contribution < -0.4 is 9.47 Å². The van der Waals surface area contributed by atoms with Crippen molar-refractivity contribution in [1.82, 2.24) is 0 Å². The van der Waals surface area contributed by atoms with Gasteiger partial charge in [0.25, 0.3) is 0 Å². The molecule has 1 aliphatic heterocycles. The van der Waals surface area contributed by atoms with Gasteiger partial charge in [0.15, 0.2) is 23.8 Å². The lowest BCUT2D eigenvalue weighted by Crippen LogP contribution is -2.13. The fourth-order valence-electron chi connectivity index (χ4n) is 2.61. The number of esters is 2. The smallest absolute Gasteiger partial charge is 0.363 e. The number of cyclic esters (lactones) is 1. The second-order valence-corrected chi connectivity index (χ2v) is 7.34. The van der Waals surface area contributed by atoms with Crippen LogP contribution in [0.15, 0.2) is 41.0 Å². The monoisotopic (exact) mass is 483 g/mol. The van der Waals surface area contributed by atoms with E-state index in [1.165, 1.54) is 19.3 Å². The van der Waals surface area contributed by atoms with Gasteiger partial charge >= 0.3 is 11.9 Å². The summed E-state index contributed by atoms with van der Waals surface area (Å²) in [6, 6.07) is 7.89. The Morgan fingerprint density at radius 1 is 1.13 bits per heavy atom. The second-order valence-electron chi connectivity index (χ2n) is 6.09. The zero-order valence-corrected chi connectivity index (χ0v) is 18.7. The number of carbonyl (C=O) groups excluding carboxylic acids is 2. The summed E-state index contributed by atoms with van der Waals surface area (Å²) < 4.78 is 20.8. The summed E-state index contributed by atoms with van der Waals surface area (Å²) in [4.78, 5) is 27.9. The van der Waals surface area contributed by atoms with Crippen molar-refractivity contribution >= 4 is 58.7 Å². The molecule has 31 heavy (non-hydrogen) atoms. The van der Waals surface area contributed by atoms with Crippen LogP contribution >= 0.6 is 34.8 Å². The van der Waals surface area contributed by atoms with E-state index in [1.807, 2.05) is 0 Å². The Kier molecular flexibility index (Phi) is 7.43. The molecule has 1 heterocycles. The molecule has 2 aromatic rings. The van der Waals surface area contributed by atoms with Crippen molar-refractivity contribution < 1.29 is 28.5 Å². The number of nitrogens with zero attached hydrogens (tertiary/aromatic N) is 1. The van der Waals surface area contributed by atoms with Gasteiger partial charge in [-0.15, -0.1) is 0 Å². The average molecular weight is 485 g/mol. The highest BCUT2D eigenvalue weighted by molar-refractivity contribution is 6.37. The Morgan fingerprint density at radius 2 is 1.90 bits per heavy atom. The van der Waals surface area contributed by atoms with Crippen molar-refractivity contribution in [2.24, 2.45) is 4.99 Å². The van der Waals surface area contributed by atoms with Crippen LogP contribution in [0.25, 0.3) is 6.08 Å². The summed E-state index contributed by atoms with van der Waals surface area (Å²) in [6.45, 7) is 1.77. The largest absolute Gasteiger partial charge is 0.490 e. The first-order valence-electron chi connectivity index (χ1n) is 8.96. The first kappa shape index (κ1) is 22.9. The van der Waals surface area contributed by atoms with Crippen molar-refractivity contribution in [3.63, 3.8) is 0 Å². The molecule has 0 atom stereocenters. The molecule has 0 spiro atoms. The topological polar surface area (TPSA) is 83.4 Å². The SMILES string of the molecule is CCOc1cc(/C=C2\N=C(c3ccc(Cl)cc3Cl)OC2=O)cc(Cl)c1OCC(=O)OC. The highest BCUT2D eigenvalue weighted by atomic mass is 35.5. The highest BCUT2D eigenvalue weighted by Gasteiger charge is 2.26. The van der Waals surface area contributed by atoms with Crippen LogP contribution in [0.1, 0.15) is 18.1 Å². The number of halogens is 3. The van der Waals surface area contributed by atoms with Crippen LogP contribution in [0.5, 0.6) is 11.5 Å². The minimum Gasteiger partial charge on any atom is -0.490 e. The Bertz CT molecular complexity index is 1100. The van der Waals surface area contributed by atoms with Crippen molar-refractivity contribution in [3.05, 3.63) is 62.2 Å². The third kappa shape index (κ3) is 5.50. The van der Waals surface area contributed by atoms with Gasteiger partial charge in [-0.3, -0.25) is 0 Å². The van der Waals surface area contributed by atoms with E-state index in [-0.39, 0.29) is 29.0 Å². The molecule has 0 unspecified atom stereocenters. The number of rotatable bonds is 7. The van der Waals surface area contributed by atoms with Crippen molar-refractivity contribution in [2.45, 2.75) is 6.92 Å². The predicted molar refractivity (Wildman–Crippen MR) is 117 cm³/mol. The molecule has 162 valence electrons. The van der Waals surface area contributed by atoms with Crippen LogP contribution in [0, 0.1) is 0 Å². The molecule has 1 aliphatic rings. The summed E-state index contributed by atoms with van der Waals surface area (Å²) in [6.07, 6.45) is 1.48. The molecule has 0 saturated carbocycles.